The second kappa shape index (κ2) is 6.06. The van der Waals surface area contributed by atoms with E-state index in [1.165, 1.54) is 6.07 Å². The summed E-state index contributed by atoms with van der Waals surface area (Å²) in [7, 11) is 0. The van der Waals surface area contributed by atoms with Gasteiger partial charge in [0.1, 0.15) is 0 Å². The highest BCUT2D eigenvalue weighted by Crippen LogP contribution is 2.30. The third kappa shape index (κ3) is 3.80. The summed E-state index contributed by atoms with van der Waals surface area (Å²) in [4.78, 5) is 14.4. The Morgan fingerprint density at radius 1 is 1.42 bits per heavy atom. The second-order valence-corrected chi connectivity index (χ2v) is 6.03. The van der Waals surface area contributed by atoms with Gasteiger partial charge in [0.25, 0.3) is 5.91 Å². The molecule has 0 saturated heterocycles. The van der Waals surface area contributed by atoms with E-state index in [0.717, 1.165) is 25.8 Å². The molecule has 0 bridgehead atoms. The molecule has 1 aliphatic carbocycles. The zero-order valence-electron chi connectivity index (χ0n) is 11.1. The highest BCUT2D eigenvalue weighted by atomic mass is 35.5. The summed E-state index contributed by atoms with van der Waals surface area (Å²) in [5.41, 5.74) is 0.345. The van der Waals surface area contributed by atoms with Crippen LogP contribution in [-0.4, -0.2) is 33.6 Å². The minimum Gasteiger partial charge on any atom is -0.336 e. The predicted octanol–water partition coefficient (Wildman–Crippen LogP) is 3.43. The van der Waals surface area contributed by atoms with Crippen molar-refractivity contribution in [1.82, 2.24) is 15.1 Å². The highest BCUT2D eigenvalue weighted by molar-refractivity contribution is 6.34. The topological polar surface area (TPSA) is 46.1 Å². The van der Waals surface area contributed by atoms with Crippen LogP contribution >= 0.6 is 23.2 Å². The van der Waals surface area contributed by atoms with E-state index in [4.69, 9.17) is 23.2 Å². The molecule has 1 aromatic heterocycles. The van der Waals surface area contributed by atoms with Crippen molar-refractivity contribution in [3.63, 3.8) is 0 Å². The van der Waals surface area contributed by atoms with E-state index in [2.05, 4.69) is 24.0 Å². The summed E-state index contributed by atoms with van der Waals surface area (Å²) in [5, 5.41) is 7.62. The lowest BCUT2D eigenvalue weighted by Gasteiger charge is -2.23. The number of carbonyl (C=O) groups is 1. The molecule has 0 aliphatic heterocycles. The molecule has 0 N–H and O–H groups in total. The second-order valence-electron chi connectivity index (χ2n) is 5.28. The van der Waals surface area contributed by atoms with Crippen molar-refractivity contribution in [3.05, 3.63) is 21.9 Å². The molecule has 0 spiro atoms. The van der Waals surface area contributed by atoms with Crippen LogP contribution in [0.3, 0.4) is 0 Å². The number of aromatic nitrogens is 2. The smallest absolute Gasteiger partial charge is 0.257 e. The lowest BCUT2D eigenvalue weighted by molar-refractivity contribution is 0.0735. The first kappa shape index (κ1) is 14.5. The van der Waals surface area contributed by atoms with Crippen LogP contribution in [0.5, 0.6) is 0 Å². The van der Waals surface area contributed by atoms with E-state index >= 15 is 0 Å². The Hall–Kier alpha value is -0.870. The van der Waals surface area contributed by atoms with Gasteiger partial charge in [0.05, 0.1) is 5.56 Å². The summed E-state index contributed by atoms with van der Waals surface area (Å²) < 4.78 is 0. The molecular formula is C13H17Cl2N3O. The van der Waals surface area contributed by atoms with Crippen LogP contribution in [-0.2, 0) is 0 Å². The molecule has 1 amide bonds. The van der Waals surface area contributed by atoms with Crippen LogP contribution < -0.4 is 0 Å². The van der Waals surface area contributed by atoms with E-state index in [1.807, 2.05) is 4.90 Å². The normalized spacial score (nSPS) is 14.8. The highest BCUT2D eigenvalue weighted by Gasteiger charge is 2.33. The Labute approximate surface area is 123 Å². The molecule has 1 fully saturated rings. The van der Waals surface area contributed by atoms with Crippen LogP contribution in [0.25, 0.3) is 0 Å². The fourth-order valence-corrected chi connectivity index (χ4v) is 2.21. The van der Waals surface area contributed by atoms with Crippen LogP contribution in [0.1, 0.15) is 43.5 Å². The Balaban J connectivity index is 2.16. The van der Waals surface area contributed by atoms with Crippen molar-refractivity contribution in [1.29, 1.82) is 0 Å². The van der Waals surface area contributed by atoms with Gasteiger partial charge in [-0.2, -0.15) is 0 Å². The summed E-state index contributed by atoms with van der Waals surface area (Å²) in [6.07, 6.45) is 3.10. The third-order valence-electron chi connectivity index (χ3n) is 3.15. The number of hydrogen-bond donors (Lipinski definition) is 0. The largest absolute Gasteiger partial charge is 0.336 e. The van der Waals surface area contributed by atoms with Crippen molar-refractivity contribution < 1.29 is 4.79 Å². The van der Waals surface area contributed by atoms with Crippen molar-refractivity contribution >= 4 is 29.1 Å². The number of amides is 1. The molecule has 1 aromatic rings. The van der Waals surface area contributed by atoms with Gasteiger partial charge in [-0.1, -0.05) is 37.0 Å². The molecule has 4 nitrogen and oxygen atoms in total. The quantitative estimate of drug-likeness (QED) is 0.837. The van der Waals surface area contributed by atoms with Gasteiger partial charge in [-0.25, -0.2) is 0 Å². The molecule has 19 heavy (non-hydrogen) atoms. The maximum atomic E-state index is 12.5. The summed E-state index contributed by atoms with van der Waals surface area (Å²) >= 11 is 11.7. The standard InChI is InChI=1S/C13H17Cl2N3O/c1-8(2)5-6-18(9-3-4-9)13(19)10-7-11(14)16-17-12(10)15/h7-9H,3-6H2,1-2H3. The van der Waals surface area contributed by atoms with Crippen LogP contribution in [0.15, 0.2) is 6.07 Å². The lowest BCUT2D eigenvalue weighted by Crippen LogP contribution is -2.35. The van der Waals surface area contributed by atoms with Gasteiger partial charge in [-0.15, -0.1) is 10.2 Å². The first-order valence-electron chi connectivity index (χ1n) is 6.48. The number of carbonyl (C=O) groups excluding carboxylic acids is 1. The summed E-state index contributed by atoms with van der Waals surface area (Å²) in [5.74, 6) is 0.466. The van der Waals surface area contributed by atoms with Gasteiger partial charge < -0.3 is 4.90 Å². The van der Waals surface area contributed by atoms with Gasteiger partial charge in [0.15, 0.2) is 10.3 Å². The van der Waals surface area contributed by atoms with E-state index in [9.17, 15) is 4.79 Å². The van der Waals surface area contributed by atoms with Gasteiger partial charge in [0, 0.05) is 12.6 Å². The molecule has 2 rings (SSSR count). The maximum absolute atomic E-state index is 12.5. The number of nitrogens with zero attached hydrogens (tertiary/aromatic N) is 3. The van der Waals surface area contributed by atoms with Crippen molar-refractivity contribution in [3.8, 4) is 0 Å². The average molecular weight is 302 g/mol. The van der Waals surface area contributed by atoms with E-state index in [0.29, 0.717) is 17.5 Å². The molecule has 1 saturated carbocycles. The van der Waals surface area contributed by atoms with Crippen molar-refractivity contribution in [2.45, 2.75) is 39.2 Å². The monoisotopic (exact) mass is 301 g/mol. The van der Waals surface area contributed by atoms with Crippen molar-refractivity contribution in [2.75, 3.05) is 6.54 Å². The molecule has 1 aliphatic rings. The molecule has 6 heteroatoms. The van der Waals surface area contributed by atoms with E-state index in [1.54, 1.807) is 0 Å². The Morgan fingerprint density at radius 3 is 2.68 bits per heavy atom. The van der Waals surface area contributed by atoms with E-state index in [-0.39, 0.29) is 16.2 Å². The minimum absolute atomic E-state index is 0.0926. The molecule has 0 radical (unpaired) electrons. The number of rotatable bonds is 5. The lowest BCUT2D eigenvalue weighted by atomic mass is 10.1. The first-order chi connectivity index (χ1) is 8.99. The third-order valence-corrected chi connectivity index (χ3v) is 3.61. The average Bonchev–Trinajstić information content (AvgIpc) is 3.16. The zero-order valence-corrected chi connectivity index (χ0v) is 12.6. The number of hydrogen-bond acceptors (Lipinski definition) is 3. The fourth-order valence-electron chi connectivity index (χ4n) is 1.89. The molecular weight excluding hydrogens is 285 g/mol. The minimum atomic E-state index is -0.0926. The molecule has 0 aromatic carbocycles. The van der Waals surface area contributed by atoms with Crippen LogP contribution in [0.2, 0.25) is 10.3 Å². The van der Waals surface area contributed by atoms with E-state index < -0.39 is 0 Å². The molecule has 104 valence electrons. The van der Waals surface area contributed by atoms with Gasteiger partial charge in [0.2, 0.25) is 0 Å². The Kier molecular flexibility index (Phi) is 4.63. The van der Waals surface area contributed by atoms with Gasteiger partial charge in [-0.05, 0) is 31.2 Å². The SMILES string of the molecule is CC(C)CCN(C(=O)c1cc(Cl)nnc1Cl)C1CC1. The first-order valence-corrected chi connectivity index (χ1v) is 7.24. The summed E-state index contributed by atoms with van der Waals surface area (Å²) in [6, 6.07) is 1.83. The zero-order chi connectivity index (χ0) is 14.0. The van der Waals surface area contributed by atoms with Crippen LogP contribution in [0, 0.1) is 5.92 Å². The Bertz CT molecular complexity index is 475. The number of halogens is 2. The van der Waals surface area contributed by atoms with Crippen molar-refractivity contribution in [2.24, 2.45) is 5.92 Å². The Morgan fingerprint density at radius 2 is 2.11 bits per heavy atom. The fraction of sp³-hybridized carbons (Fsp3) is 0.615. The summed E-state index contributed by atoms with van der Waals surface area (Å²) in [6.45, 7) is 5.04. The van der Waals surface area contributed by atoms with Crippen LogP contribution in [0.4, 0.5) is 0 Å². The maximum Gasteiger partial charge on any atom is 0.257 e. The molecule has 0 unspecified atom stereocenters. The van der Waals surface area contributed by atoms with Gasteiger partial charge in [-0.3, -0.25) is 4.79 Å². The van der Waals surface area contributed by atoms with Gasteiger partial charge >= 0.3 is 0 Å². The molecule has 1 heterocycles. The predicted molar refractivity (Wildman–Crippen MR) is 75.6 cm³/mol. The molecule has 0 atom stereocenters.